The van der Waals surface area contributed by atoms with Crippen molar-refractivity contribution in [2.24, 2.45) is 0 Å². The van der Waals surface area contributed by atoms with Crippen LogP contribution < -0.4 is 0 Å². The summed E-state index contributed by atoms with van der Waals surface area (Å²) in [6.45, 7) is 4.76. The number of methoxy groups -OCH3 is 1. The molecule has 0 aliphatic rings. The van der Waals surface area contributed by atoms with Gasteiger partial charge in [0.2, 0.25) is 0 Å². The van der Waals surface area contributed by atoms with Gasteiger partial charge in [0.1, 0.15) is 6.10 Å². The highest BCUT2D eigenvalue weighted by Gasteiger charge is 2.15. The molecule has 0 aliphatic heterocycles. The second kappa shape index (κ2) is 10.4. The van der Waals surface area contributed by atoms with E-state index in [2.05, 4.69) is 19.9 Å². The molecular formula is C18H28O3. The van der Waals surface area contributed by atoms with Gasteiger partial charge in [-0.15, -0.1) is 0 Å². The standard InChI is InChI=1S/C18H28O3/c1-4-6-9-15-10-8-11-16(13-15)18(19)21-17(14-20-3)12-7-5-2/h8,10-11,13,17H,4-7,9,12,14H2,1-3H3. The molecule has 0 radical (unpaired) electrons. The number of carbonyl (C=O) groups is 1. The van der Waals surface area contributed by atoms with Crippen molar-refractivity contribution in [2.75, 3.05) is 13.7 Å². The number of carbonyl (C=O) groups excluding carboxylic acids is 1. The highest BCUT2D eigenvalue weighted by atomic mass is 16.6. The molecule has 1 atom stereocenters. The van der Waals surface area contributed by atoms with Gasteiger partial charge in [0.15, 0.2) is 0 Å². The molecule has 3 heteroatoms. The van der Waals surface area contributed by atoms with Crippen molar-refractivity contribution >= 4 is 5.97 Å². The van der Waals surface area contributed by atoms with Crippen molar-refractivity contribution in [3.63, 3.8) is 0 Å². The van der Waals surface area contributed by atoms with E-state index in [0.29, 0.717) is 12.2 Å². The molecule has 1 aromatic carbocycles. The van der Waals surface area contributed by atoms with Crippen molar-refractivity contribution in [1.82, 2.24) is 0 Å². The van der Waals surface area contributed by atoms with Crippen LogP contribution in [0.15, 0.2) is 24.3 Å². The van der Waals surface area contributed by atoms with E-state index in [1.807, 2.05) is 18.2 Å². The van der Waals surface area contributed by atoms with Gasteiger partial charge in [-0.2, -0.15) is 0 Å². The Morgan fingerprint density at radius 3 is 2.62 bits per heavy atom. The summed E-state index contributed by atoms with van der Waals surface area (Å²) in [5.74, 6) is -0.244. The molecule has 0 fully saturated rings. The zero-order valence-corrected chi connectivity index (χ0v) is 13.6. The Bertz CT molecular complexity index is 415. The fourth-order valence-electron chi connectivity index (χ4n) is 2.25. The lowest BCUT2D eigenvalue weighted by atomic mass is 10.1. The van der Waals surface area contributed by atoms with E-state index in [-0.39, 0.29) is 12.1 Å². The van der Waals surface area contributed by atoms with Crippen molar-refractivity contribution in [2.45, 2.75) is 58.5 Å². The van der Waals surface area contributed by atoms with Gasteiger partial charge in [0, 0.05) is 7.11 Å². The van der Waals surface area contributed by atoms with E-state index in [1.165, 1.54) is 5.56 Å². The SMILES string of the molecule is CCCCc1cccc(C(=O)OC(CCCC)COC)c1. The zero-order chi connectivity index (χ0) is 15.5. The molecular weight excluding hydrogens is 264 g/mol. The van der Waals surface area contributed by atoms with Crippen LogP contribution in [0.4, 0.5) is 0 Å². The summed E-state index contributed by atoms with van der Waals surface area (Å²) in [6, 6.07) is 7.76. The maximum Gasteiger partial charge on any atom is 0.338 e. The summed E-state index contributed by atoms with van der Waals surface area (Å²) in [5.41, 5.74) is 1.84. The van der Waals surface area contributed by atoms with Crippen LogP contribution in [0.3, 0.4) is 0 Å². The first-order valence-corrected chi connectivity index (χ1v) is 8.00. The molecule has 0 spiro atoms. The van der Waals surface area contributed by atoms with E-state index in [9.17, 15) is 4.79 Å². The summed E-state index contributed by atoms with van der Waals surface area (Å²) in [7, 11) is 1.64. The molecule has 1 rings (SSSR count). The highest BCUT2D eigenvalue weighted by Crippen LogP contribution is 2.13. The largest absolute Gasteiger partial charge is 0.456 e. The van der Waals surface area contributed by atoms with Crippen molar-refractivity contribution < 1.29 is 14.3 Å². The van der Waals surface area contributed by atoms with Crippen LogP contribution in [-0.2, 0) is 15.9 Å². The van der Waals surface area contributed by atoms with Crippen molar-refractivity contribution in [3.05, 3.63) is 35.4 Å². The first kappa shape index (κ1) is 17.7. The molecule has 1 unspecified atom stereocenters. The molecule has 118 valence electrons. The molecule has 0 bridgehead atoms. The third-order valence-corrected chi connectivity index (χ3v) is 3.49. The summed E-state index contributed by atoms with van der Waals surface area (Å²) in [5, 5.41) is 0. The Morgan fingerprint density at radius 2 is 1.95 bits per heavy atom. The fourth-order valence-corrected chi connectivity index (χ4v) is 2.25. The molecule has 1 aromatic rings. The minimum Gasteiger partial charge on any atom is -0.456 e. The second-order valence-electron chi connectivity index (χ2n) is 5.43. The topological polar surface area (TPSA) is 35.5 Å². The van der Waals surface area contributed by atoms with Crippen LogP contribution in [0, 0.1) is 0 Å². The Labute approximate surface area is 128 Å². The lowest BCUT2D eigenvalue weighted by Crippen LogP contribution is -2.23. The molecule has 21 heavy (non-hydrogen) atoms. The van der Waals surface area contributed by atoms with Crippen LogP contribution in [0.5, 0.6) is 0 Å². The van der Waals surface area contributed by atoms with E-state index < -0.39 is 0 Å². The number of ether oxygens (including phenoxy) is 2. The summed E-state index contributed by atoms with van der Waals surface area (Å²) in [6.07, 6.45) is 6.13. The molecule has 3 nitrogen and oxygen atoms in total. The number of unbranched alkanes of at least 4 members (excludes halogenated alkanes) is 2. The zero-order valence-electron chi connectivity index (χ0n) is 13.6. The van der Waals surface area contributed by atoms with Gasteiger partial charge in [0.05, 0.1) is 12.2 Å². The van der Waals surface area contributed by atoms with E-state index in [4.69, 9.17) is 9.47 Å². The molecule has 0 heterocycles. The highest BCUT2D eigenvalue weighted by molar-refractivity contribution is 5.89. The van der Waals surface area contributed by atoms with Crippen LogP contribution in [0.25, 0.3) is 0 Å². The summed E-state index contributed by atoms with van der Waals surface area (Å²) < 4.78 is 10.7. The third kappa shape index (κ3) is 6.76. The second-order valence-corrected chi connectivity index (χ2v) is 5.43. The number of hydrogen-bond acceptors (Lipinski definition) is 3. The normalized spacial score (nSPS) is 12.1. The Hall–Kier alpha value is -1.35. The van der Waals surface area contributed by atoms with Gasteiger partial charge < -0.3 is 9.47 Å². The van der Waals surface area contributed by atoms with Gasteiger partial charge >= 0.3 is 5.97 Å². The van der Waals surface area contributed by atoms with Crippen LogP contribution in [0.2, 0.25) is 0 Å². The molecule has 0 saturated carbocycles. The summed E-state index contributed by atoms with van der Waals surface area (Å²) in [4.78, 5) is 12.2. The lowest BCUT2D eigenvalue weighted by molar-refractivity contribution is 0.00250. The Kier molecular flexibility index (Phi) is 8.76. The first-order valence-electron chi connectivity index (χ1n) is 8.00. The minimum atomic E-state index is -0.244. The molecule has 0 aliphatic carbocycles. The molecule has 0 aromatic heterocycles. The van der Waals surface area contributed by atoms with Crippen molar-refractivity contribution in [1.29, 1.82) is 0 Å². The van der Waals surface area contributed by atoms with E-state index in [1.54, 1.807) is 7.11 Å². The smallest absolute Gasteiger partial charge is 0.338 e. The number of rotatable bonds is 10. The maximum atomic E-state index is 12.2. The van der Waals surface area contributed by atoms with Crippen LogP contribution in [0.1, 0.15) is 61.9 Å². The fraction of sp³-hybridized carbons (Fsp3) is 0.611. The van der Waals surface area contributed by atoms with Crippen LogP contribution in [-0.4, -0.2) is 25.8 Å². The third-order valence-electron chi connectivity index (χ3n) is 3.49. The number of esters is 1. The van der Waals surface area contributed by atoms with Gasteiger partial charge in [-0.1, -0.05) is 38.8 Å². The number of aryl methyl sites for hydroxylation is 1. The monoisotopic (exact) mass is 292 g/mol. The summed E-state index contributed by atoms with van der Waals surface area (Å²) >= 11 is 0. The quantitative estimate of drug-likeness (QED) is 0.600. The molecule has 0 N–H and O–H groups in total. The van der Waals surface area contributed by atoms with Gasteiger partial charge in [-0.25, -0.2) is 4.79 Å². The molecule has 0 amide bonds. The number of benzene rings is 1. The first-order chi connectivity index (χ1) is 10.2. The Morgan fingerprint density at radius 1 is 1.19 bits per heavy atom. The van der Waals surface area contributed by atoms with E-state index in [0.717, 1.165) is 38.5 Å². The van der Waals surface area contributed by atoms with Crippen molar-refractivity contribution in [3.8, 4) is 0 Å². The molecule has 0 saturated heterocycles. The number of hydrogen-bond donors (Lipinski definition) is 0. The average Bonchev–Trinajstić information content (AvgIpc) is 2.51. The van der Waals surface area contributed by atoms with E-state index >= 15 is 0 Å². The van der Waals surface area contributed by atoms with Gasteiger partial charge in [-0.05, 0) is 43.4 Å². The minimum absolute atomic E-state index is 0.151. The maximum absolute atomic E-state index is 12.2. The Balaban J connectivity index is 2.63. The van der Waals surface area contributed by atoms with Gasteiger partial charge in [0.25, 0.3) is 0 Å². The average molecular weight is 292 g/mol. The van der Waals surface area contributed by atoms with Gasteiger partial charge in [-0.3, -0.25) is 0 Å². The predicted molar refractivity (Wildman–Crippen MR) is 85.7 cm³/mol. The lowest BCUT2D eigenvalue weighted by Gasteiger charge is -2.17. The predicted octanol–water partition coefficient (Wildman–Crippen LogP) is 4.39. The van der Waals surface area contributed by atoms with Crippen LogP contribution >= 0.6 is 0 Å².